The molecule has 0 radical (unpaired) electrons. The SMILES string of the molecule is C1=CC2=C(CC1)Cc1ccccc1O2. The number of benzene rings is 1. The van der Waals surface area contributed by atoms with Crippen molar-refractivity contribution >= 4 is 0 Å². The smallest absolute Gasteiger partial charge is 0.130 e. The molecule has 0 saturated carbocycles. The molecule has 0 bridgehead atoms. The van der Waals surface area contributed by atoms with Crippen LogP contribution in [0.4, 0.5) is 0 Å². The number of rotatable bonds is 0. The molecule has 0 unspecified atom stereocenters. The number of hydrogen-bond donors (Lipinski definition) is 0. The molecule has 70 valence electrons. The van der Waals surface area contributed by atoms with E-state index in [0.717, 1.165) is 30.8 Å². The average molecular weight is 184 g/mol. The van der Waals surface area contributed by atoms with Gasteiger partial charge in [-0.2, -0.15) is 0 Å². The van der Waals surface area contributed by atoms with Crippen LogP contribution >= 0.6 is 0 Å². The van der Waals surface area contributed by atoms with Crippen molar-refractivity contribution in [1.29, 1.82) is 0 Å². The summed E-state index contributed by atoms with van der Waals surface area (Å²) >= 11 is 0. The van der Waals surface area contributed by atoms with Crippen LogP contribution in [0.1, 0.15) is 18.4 Å². The second-order valence-corrected chi connectivity index (χ2v) is 3.80. The van der Waals surface area contributed by atoms with Gasteiger partial charge in [0, 0.05) is 6.42 Å². The maximum absolute atomic E-state index is 5.83. The number of para-hydroxylation sites is 1. The Balaban J connectivity index is 2.03. The van der Waals surface area contributed by atoms with Crippen molar-refractivity contribution in [2.24, 2.45) is 0 Å². The lowest BCUT2D eigenvalue weighted by atomic mass is 9.94. The van der Waals surface area contributed by atoms with Crippen molar-refractivity contribution in [2.45, 2.75) is 19.3 Å². The predicted molar refractivity (Wildman–Crippen MR) is 56.2 cm³/mol. The van der Waals surface area contributed by atoms with E-state index in [9.17, 15) is 0 Å². The van der Waals surface area contributed by atoms with E-state index in [1.165, 1.54) is 11.1 Å². The normalized spacial score (nSPS) is 18.6. The minimum atomic E-state index is 1.03. The van der Waals surface area contributed by atoms with Gasteiger partial charge in [-0.05, 0) is 36.1 Å². The molecule has 14 heavy (non-hydrogen) atoms. The summed E-state index contributed by atoms with van der Waals surface area (Å²) in [5.74, 6) is 2.10. The lowest BCUT2D eigenvalue weighted by Crippen LogP contribution is -2.10. The van der Waals surface area contributed by atoms with Crippen LogP contribution in [0.25, 0.3) is 0 Å². The van der Waals surface area contributed by atoms with Crippen LogP contribution in [0.5, 0.6) is 5.75 Å². The van der Waals surface area contributed by atoms with Crippen molar-refractivity contribution in [1.82, 2.24) is 0 Å². The van der Waals surface area contributed by atoms with Gasteiger partial charge in [0.15, 0.2) is 0 Å². The van der Waals surface area contributed by atoms with Gasteiger partial charge in [0.2, 0.25) is 0 Å². The summed E-state index contributed by atoms with van der Waals surface area (Å²) in [4.78, 5) is 0. The van der Waals surface area contributed by atoms with Gasteiger partial charge in [0.1, 0.15) is 11.5 Å². The Morgan fingerprint density at radius 3 is 3.07 bits per heavy atom. The number of allylic oxidation sites excluding steroid dienone is 3. The van der Waals surface area contributed by atoms with E-state index in [1.807, 2.05) is 12.1 Å². The Kier molecular flexibility index (Phi) is 1.69. The number of fused-ring (bicyclic) bond motifs is 1. The maximum Gasteiger partial charge on any atom is 0.130 e. The minimum absolute atomic E-state index is 1.03. The van der Waals surface area contributed by atoms with Gasteiger partial charge in [-0.1, -0.05) is 24.3 Å². The highest BCUT2D eigenvalue weighted by Gasteiger charge is 2.18. The third kappa shape index (κ3) is 1.17. The summed E-state index contributed by atoms with van der Waals surface area (Å²) in [5, 5.41) is 0. The van der Waals surface area contributed by atoms with Crippen molar-refractivity contribution in [3.05, 3.63) is 53.3 Å². The van der Waals surface area contributed by atoms with Crippen LogP contribution in [0, 0.1) is 0 Å². The zero-order chi connectivity index (χ0) is 9.38. The molecule has 0 amide bonds. The molecule has 0 saturated heterocycles. The topological polar surface area (TPSA) is 9.23 Å². The molecule has 1 aliphatic carbocycles. The van der Waals surface area contributed by atoms with Crippen molar-refractivity contribution < 1.29 is 4.74 Å². The van der Waals surface area contributed by atoms with Gasteiger partial charge in [-0.3, -0.25) is 0 Å². The highest BCUT2D eigenvalue weighted by atomic mass is 16.5. The van der Waals surface area contributed by atoms with Gasteiger partial charge in [0.05, 0.1) is 0 Å². The Bertz CT molecular complexity index is 427. The maximum atomic E-state index is 5.83. The molecule has 0 aromatic heterocycles. The van der Waals surface area contributed by atoms with E-state index in [0.29, 0.717) is 0 Å². The van der Waals surface area contributed by atoms with Gasteiger partial charge >= 0.3 is 0 Å². The third-order valence-corrected chi connectivity index (χ3v) is 2.83. The van der Waals surface area contributed by atoms with Crippen molar-refractivity contribution in [3.63, 3.8) is 0 Å². The van der Waals surface area contributed by atoms with E-state index in [2.05, 4.69) is 24.3 Å². The molecule has 1 aromatic carbocycles. The first-order chi connectivity index (χ1) is 6.93. The molecule has 3 rings (SSSR count). The zero-order valence-corrected chi connectivity index (χ0v) is 7.99. The van der Waals surface area contributed by atoms with Gasteiger partial charge in [-0.25, -0.2) is 0 Å². The molecule has 1 aromatic rings. The molecule has 1 aliphatic heterocycles. The fraction of sp³-hybridized carbons (Fsp3) is 0.231. The Morgan fingerprint density at radius 2 is 2.07 bits per heavy atom. The van der Waals surface area contributed by atoms with Gasteiger partial charge in [-0.15, -0.1) is 0 Å². The van der Waals surface area contributed by atoms with Crippen molar-refractivity contribution in [3.8, 4) is 5.75 Å². The predicted octanol–water partition coefficient (Wildman–Crippen LogP) is 3.23. The monoisotopic (exact) mass is 184 g/mol. The lowest BCUT2D eigenvalue weighted by molar-refractivity contribution is 0.412. The van der Waals surface area contributed by atoms with Gasteiger partial charge < -0.3 is 4.74 Å². The third-order valence-electron chi connectivity index (χ3n) is 2.83. The van der Waals surface area contributed by atoms with E-state index in [4.69, 9.17) is 4.74 Å². The minimum Gasteiger partial charge on any atom is -0.457 e. The molecule has 1 heterocycles. The summed E-state index contributed by atoms with van der Waals surface area (Å²) < 4.78 is 5.83. The molecule has 0 N–H and O–H groups in total. The molecule has 0 fully saturated rings. The largest absolute Gasteiger partial charge is 0.457 e. The molecule has 0 spiro atoms. The van der Waals surface area contributed by atoms with Gasteiger partial charge in [0.25, 0.3) is 0 Å². The van der Waals surface area contributed by atoms with Crippen LogP contribution < -0.4 is 4.74 Å². The molecule has 2 aliphatic rings. The van der Waals surface area contributed by atoms with Crippen LogP contribution in [-0.2, 0) is 6.42 Å². The Labute approximate surface area is 83.7 Å². The summed E-state index contributed by atoms with van der Waals surface area (Å²) in [5.41, 5.74) is 2.77. The number of ether oxygens (including phenoxy) is 1. The Hall–Kier alpha value is -1.50. The molecule has 0 atom stereocenters. The quantitative estimate of drug-likeness (QED) is 0.601. The highest BCUT2D eigenvalue weighted by Crippen LogP contribution is 2.33. The molecular formula is C13H12O. The molecule has 1 nitrogen and oxygen atoms in total. The second kappa shape index (κ2) is 3.02. The van der Waals surface area contributed by atoms with E-state index in [-0.39, 0.29) is 0 Å². The average Bonchev–Trinajstić information content (AvgIpc) is 2.26. The molecular weight excluding hydrogens is 172 g/mol. The first-order valence-electron chi connectivity index (χ1n) is 5.08. The van der Waals surface area contributed by atoms with E-state index >= 15 is 0 Å². The lowest BCUT2D eigenvalue weighted by Gasteiger charge is -2.23. The summed E-state index contributed by atoms with van der Waals surface area (Å²) in [7, 11) is 0. The first kappa shape index (κ1) is 7.86. The molecule has 1 heteroatoms. The number of hydrogen-bond acceptors (Lipinski definition) is 1. The first-order valence-corrected chi connectivity index (χ1v) is 5.08. The van der Waals surface area contributed by atoms with E-state index in [1.54, 1.807) is 0 Å². The van der Waals surface area contributed by atoms with Crippen LogP contribution in [0.2, 0.25) is 0 Å². The zero-order valence-electron chi connectivity index (χ0n) is 7.99. The summed E-state index contributed by atoms with van der Waals surface area (Å²) in [6, 6.07) is 8.29. The summed E-state index contributed by atoms with van der Waals surface area (Å²) in [6.45, 7) is 0. The van der Waals surface area contributed by atoms with Crippen LogP contribution in [0.3, 0.4) is 0 Å². The fourth-order valence-corrected chi connectivity index (χ4v) is 2.07. The fourth-order valence-electron chi connectivity index (χ4n) is 2.07. The standard InChI is InChI=1S/C13H12O/c1-3-7-12-10(5-1)9-11-6-2-4-8-13(11)14-12/h1,3-5,7-8H,2,6,9H2. The summed E-state index contributed by atoms with van der Waals surface area (Å²) in [6.07, 6.45) is 7.67. The highest BCUT2D eigenvalue weighted by molar-refractivity contribution is 5.44. The Morgan fingerprint density at radius 1 is 1.14 bits per heavy atom. The second-order valence-electron chi connectivity index (χ2n) is 3.80. The van der Waals surface area contributed by atoms with Crippen molar-refractivity contribution in [2.75, 3.05) is 0 Å². The van der Waals surface area contributed by atoms with Crippen LogP contribution in [0.15, 0.2) is 47.7 Å². The van der Waals surface area contributed by atoms with Crippen LogP contribution in [-0.4, -0.2) is 0 Å². The van der Waals surface area contributed by atoms with E-state index < -0.39 is 0 Å².